The summed E-state index contributed by atoms with van der Waals surface area (Å²) in [5.74, 6) is 0.224. The topological polar surface area (TPSA) is 94.4 Å². The number of carbonyl (C=O) groups is 1. The summed E-state index contributed by atoms with van der Waals surface area (Å²) in [6.45, 7) is 5.22. The van der Waals surface area contributed by atoms with E-state index in [1.165, 1.54) is 17.3 Å². The fourth-order valence-corrected chi connectivity index (χ4v) is 4.41. The summed E-state index contributed by atoms with van der Waals surface area (Å²) >= 11 is 1.34. The van der Waals surface area contributed by atoms with Crippen molar-refractivity contribution >= 4 is 17.7 Å². The SMILES string of the molecule is O=C(CSc1nnnn1C[C@@H]1CCCO1)NC[C@@H]1CN(Cc2ccccc2)CCO1. The molecule has 0 spiro atoms. The average molecular weight is 433 g/mol. The van der Waals surface area contributed by atoms with E-state index in [-0.39, 0.29) is 23.9 Å². The molecule has 2 saturated heterocycles. The summed E-state index contributed by atoms with van der Waals surface area (Å²) < 4.78 is 13.2. The van der Waals surface area contributed by atoms with Crippen molar-refractivity contribution in [2.75, 3.05) is 38.6 Å². The molecule has 1 aromatic heterocycles. The standard InChI is InChI=1S/C20H28N6O3S/c27-19(15-30-20-22-23-24-26(20)14-17-7-4-9-28-17)21-11-18-13-25(8-10-29-18)12-16-5-2-1-3-6-16/h1-3,5-6,17-18H,4,7-15H2,(H,21,27)/t17-,18+/m0/s1. The van der Waals surface area contributed by atoms with Gasteiger partial charge in [-0.05, 0) is 28.8 Å². The molecule has 1 aromatic carbocycles. The predicted octanol–water partition coefficient (Wildman–Crippen LogP) is 0.961. The number of nitrogens with one attached hydrogen (secondary N) is 1. The zero-order chi connectivity index (χ0) is 20.6. The van der Waals surface area contributed by atoms with Gasteiger partial charge in [-0.2, -0.15) is 0 Å². The number of nitrogens with zero attached hydrogens (tertiary/aromatic N) is 5. The molecular formula is C20H28N6O3S. The van der Waals surface area contributed by atoms with Gasteiger partial charge in [-0.25, -0.2) is 4.68 Å². The van der Waals surface area contributed by atoms with Gasteiger partial charge in [-0.3, -0.25) is 9.69 Å². The highest BCUT2D eigenvalue weighted by Gasteiger charge is 2.22. The molecule has 30 heavy (non-hydrogen) atoms. The van der Waals surface area contributed by atoms with Crippen molar-refractivity contribution in [3.8, 4) is 0 Å². The van der Waals surface area contributed by atoms with Crippen molar-refractivity contribution in [3.05, 3.63) is 35.9 Å². The maximum absolute atomic E-state index is 12.3. The summed E-state index contributed by atoms with van der Waals surface area (Å²) in [5.41, 5.74) is 1.29. The fourth-order valence-electron chi connectivity index (χ4n) is 3.69. The van der Waals surface area contributed by atoms with Crippen LogP contribution < -0.4 is 5.32 Å². The molecule has 162 valence electrons. The first-order chi connectivity index (χ1) is 14.8. The van der Waals surface area contributed by atoms with Crippen molar-refractivity contribution < 1.29 is 14.3 Å². The fraction of sp³-hybridized carbons (Fsp3) is 0.600. The lowest BCUT2D eigenvalue weighted by Crippen LogP contribution is -2.47. The largest absolute Gasteiger partial charge is 0.376 e. The Labute approximate surface area is 180 Å². The van der Waals surface area contributed by atoms with Crippen molar-refractivity contribution in [1.82, 2.24) is 30.4 Å². The zero-order valence-corrected chi connectivity index (χ0v) is 17.8. The lowest BCUT2D eigenvalue weighted by molar-refractivity contribution is -0.119. The molecule has 3 heterocycles. The van der Waals surface area contributed by atoms with E-state index in [9.17, 15) is 4.79 Å². The van der Waals surface area contributed by atoms with Crippen molar-refractivity contribution in [2.24, 2.45) is 0 Å². The molecule has 0 unspecified atom stereocenters. The molecule has 0 bridgehead atoms. The number of rotatable bonds is 9. The number of benzene rings is 1. The Morgan fingerprint density at radius 2 is 2.07 bits per heavy atom. The molecular weight excluding hydrogens is 404 g/mol. The minimum Gasteiger partial charge on any atom is -0.376 e. The van der Waals surface area contributed by atoms with Crippen LogP contribution in [-0.4, -0.2) is 81.8 Å². The van der Waals surface area contributed by atoms with E-state index in [4.69, 9.17) is 9.47 Å². The van der Waals surface area contributed by atoms with Gasteiger partial charge in [-0.15, -0.1) is 5.10 Å². The molecule has 2 atom stereocenters. The Balaban J connectivity index is 1.17. The second-order valence-electron chi connectivity index (χ2n) is 7.58. The number of aromatic nitrogens is 4. The molecule has 2 aromatic rings. The number of thioether (sulfide) groups is 1. The van der Waals surface area contributed by atoms with E-state index < -0.39 is 0 Å². The maximum Gasteiger partial charge on any atom is 0.230 e. The second kappa shape index (κ2) is 10.9. The number of ether oxygens (including phenoxy) is 2. The van der Waals surface area contributed by atoms with Crippen LogP contribution in [0.5, 0.6) is 0 Å². The van der Waals surface area contributed by atoms with Crippen molar-refractivity contribution in [3.63, 3.8) is 0 Å². The molecule has 2 fully saturated rings. The molecule has 0 radical (unpaired) electrons. The van der Waals surface area contributed by atoms with Gasteiger partial charge in [0, 0.05) is 32.8 Å². The molecule has 1 N–H and O–H groups in total. The van der Waals surface area contributed by atoms with E-state index in [1.807, 2.05) is 6.07 Å². The van der Waals surface area contributed by atoms with Gasteiger partial charge in [0.25, 0.3) is 0 Å². The Morgan fingerprint density at radius 3 is 2.90 bits per heavy atom. The van der Waals surface area contributed by atoms with Gasteiger partial charge in [0.05, 0.1) is 31.1 Å². The molecule has 0 aliphatic carbocycles. The maximum atomic E-state index is 12.3. The Hall–Kier alpha value is -2.01. The molecule has 4 rings (SSSR count). The first-order valence-corrected chi connectivity index (χ1v) is 11.4. The number of tetrazole rings is 1. The third-order valence-corrected chi connectivity index (χ3v) is 6.19. The second-order valence-corrected chi connectivity index (χ2v) is 8.53. The third kappa shape index (κ3) is 6.24. The van der Waals surface area contributed by atoms with Crippen LogP contribution in [-0.2, 0) is 27.4 Å². The van der Waals surface area contributed by atoms with Gasteiger partial charge in [0.15, 0.2) is 0 Å². The van der Waals surface area contributed by atoms with Crippen LogP contribution in [0.2, 0.25) is 0 Å². The first kappa shape index (κ1) is 21.2. The number of carbonyl (C=O) groups excluding carboxylic acids is 1. The molecule has 0 saturated carbocycles. The van der Waals surface area contributed by atoms with Crippen LogP contribution in [0.1, 0.15) is 18.4 Å². The van der Waals surface area contributed by atoms with Crippen LogP contribution in [0.25, 0.3) is 0 Å². The summed E-state index contributed by atoms with van der Waals surface area (Å²) in [7, 11) is 0. The van der Waals surface area contributed by atoms with Crippen LogP contribution in [0.3, 0.4) is 0 Å². The minimum absolute atomic E-state index is 0.00115. The number of morpholine rings is 1. The van der Waals surface area contributed by atoms with E-state index >= 15 is 0 Å². The average Bonchev–Trinajstić information content (AvgIpc) is 3.44. The Bertz CT molecular complexity index is 799. The summed E-state index contributed by atoms with van der Waals surface area (Å²) in [4.78, 5) is 14.7. The Kier molecular flexibility index (Phi) is 7.68. The van der Waals surface area contributed by atoms with Crippen molar-refractivity contribution in [1.29, 1.82) is 0 Å². The Morgan fingerprint density at radius 1 is 1.20 bits per heavy atom. The molecule has 2 aliphatic heterocycles. The highest BCUT2D eigenvalue weighted by molar-refractivity contribution is 7.99. The normalized spacial score (nSPS) is 22.3. The van der Waals surface area contributed by atoms with Gasteiger partial charge in [0.1, 0.15) is 0 Å². The minimum atomic E-state index is -0.0459. The van der Waals surface area contributed by atoms with Gasteiger partial charge >= 0.3 is 0 Å². The lowest BCUT2D eigenvalue weighted by atomic mass is 10.2. The van der Waals surface area contributed by atoms with Crippen LogP contribution >= 0.6 is 11.8 Å². The number of hydrogen-bond acceptors (Lipinski definition) is 8. The number of amides is 1. The van der Waals surface area contributed by atoms with E-state index in [2.05, 4.69) is 50.0 Å². The van der Waals surface area contributed by atoms with E-state index in [1.54, 1.807) is 4.68 Å². The van der Waals surface area contributed by atoms with E-state index in [0.717, 1.165) is 39.1 Å². The molecule has 9 nitrogen and oxygen atoms in total. The summed E-state index contributed by atoms with van der Waals surface area (Å²) in [5, 5.41) is 15.4. The predicted molar refractivity (Wildman–Crippen MR) is 112 cm³/mol. The van der Waals surface area contributed by atoms with Crippen LogP contribution in [0.15, 0.2) is 35.5 Å². The zero-order valence-electron chi connectivity index (χ0n) is 17.0. The quantitative estimate of drug-likeness (QED) is 0.586. The van der Waals surface area contributed by atoms with Gasteiger partial charge < -0.3 is 14.8 Å². The lowest BCUT2D eigenvalue weighted by Gasteiger charge is -2.33. The molecule has 2 aliphatic rings. The summed E-state index contributed by atoms with van der Waals surface area (Å²) in [6.07, 6.45) is 2.25. The highest BCUT2D eigenvalue weighted by Crippen LogP contribution is 2.18. The van der Waals surface area contributed by atoms with Gasteiger partial charge in [0.2, 0.25) is 11.1 Å². The van der Waals surface area contributed by atoms with E-state index in [0.29, 0.717) is 24.9 Å². The number of hydrogen-bond donors (Lipinski definition) is 1. The van der Waals surface area contributed by atoms with Crippen molar-refractivity contribution in [2.45, 2.75) is 43.3 Å². The monoisotopic (exact) mass is 432 g/mol. The van der Waals surface area contributed by atoms with Gasteiger partial charge in [-0.1, -0.05) is 42.1 Å². The van der Waals surface area contributed by atoms with Crippen LogP contribution in [0, 0.1) is 0 Å². The smallest absolute Gasteiger partial charge is 0.230 e. The molecule has 1 amide bonds. The summed E-state index contributed by atoms with van der Waals surface area (Å²) in [6, 6.07) is 10.4. The first-order valence-electron chi connectivity index (χ1n) is 10.4. The van der Waals surface area contributed by atoms with Crippen LogP contribution in [0.4, 0.5) is 0 Å². The molecule has 10 heteroatoms. The third-order valence-electron chi connectivity index (χ3n) is 5.23. The highest BCUT2D eigenvalue weighted by atomic mass is 32.2.